The molecule has 0 spiro atoms. The number of anilines is 1. The molecule has 0 fully saturated rings. The van der Waals surface area contributed by atoms with E-state index in [1.807, 2.05) is 0 Å². The van der Waals surface area contributed by atoms with Gasteiger partial charge in [-0.1, -0.05) is 35.8 Å². The van der Waals surface area contributed by atoms with Crippen LogP contribution in [0.2, 0.25) is 0 Å². The number of thiophene rings is 1. The van der Waals surface area contributed by atoms with Gasteiger partial charge < -0.3 is 15.4 Å². The van der Waals surface area contributed by atoms with Gasteiger partial charge in [-0.15, -0.1) is 11.3 Å². The van der Waals surface area contributed by atoms with Crippen LogP contribution in [-0.2, 0) is 14.3 Å². The molecule has 2 N–H and O–H groups in total. The zero-order valence-corrected chi connectivity index (χ0v) is 17.6. The Morgan fingerprint density at radius 3 is 2.30 bits per heavy atom. The van der Waals surface area contributed by atoms with Gasteiger partial charge >= 0.3 is 5.97 Å². The highest BCUT2D eigenvalue weighted by Gasteiger charge is 2.29. The highest BCUT2D eigenvalue weighted by Crippen LogP contribution is 2.15. The number of hydrogen-bond donors (Lipinski definition) is 2. The number of hydrogen-bond acceptors (Lipinski definition) is 5. The Labute approximate surface area is 170 Å². The maximum atomic E-state index is 12.5. The maximum absolute atomic E-state index is 12.5. The molecule has 1 aromatic heterocycles. The van der Waals surface area contributed by atoms with Crippen LogP contribution in [0.4, 0.5) is 5.69 Å². The standard InChI is InChI=1S/C19H21BrN2O4S/c1-11(2)16(22-18(24)15-5-4-10-27-15)19(25)26-12(3)17(23)21-14-8-6-13(20)7-9-14/h4-12,16H,1-3H3,(H,21,23)(H,22,24). The molecule has 0 bridgehead atoms. The normalized spacial score (nSPS) is 12.9. The summed E-state index contributed by atoms with van der Waals surface area (Å²) in [5, 5.41) is 7.15. The van der Waals surface area contributed by atoms with Gasteiger partial charge in [-0.05, 0) is 48.6 Å². The van der Waals surface area contributed by atoms with E-state index in [1.165, 1.54) is 18.3 Å². The topological polar surface area (TPSA) is 84.5 Å². The summed E-state index contributed by atoms with van der Waals surface area (Å²) in [5.74, 6) is -1.62. The summed E-state index contributed by atoms with van der Waals surface area (Å²) in [6.07, 6.45) is -0.999. The second-order valence-electron chi connectivity index (χ2n) is 6.25. The molecule has 144 valence electrons. The van der Waals surface area contributed by atoms with Crippen molar-refractivity contribution in [3.8, 4) is 0 Å². The third-order valence-corrected chi connectivity index (χ3v) is 5.12. The minimum absolute atomic E-state index is 0.192. The van der Waals surface area contributed by atoms with Crippen LogP contribution in [0, 0.1) is 5.92 Å². The molecule has 2 amide bonds. The Kier molecular flexibility index (Phi) is 7.55. The van der Waals surface area contributed by atoms with Gasteiger partial charge in [0.05, 0.1) is 4.88 Å². The van der Waals surface area contributed by atoms with Crippen molar-refractivity contribution in [3.05, 3.63) is 51.1 Å². The number of nitrogens with one attached hydrogen (secondary N) is 2. The van der Waals surface area contributed by atoms with Crippen LogP contribution in [0.5, 0.6) is 0 Å². The van der Waals surface area contributed by atoms with Crippen molar-refractivity contribution in [2.24, 2.45) is 5.92 Å². The number of ether oxygens (including phenoxy) is 1. The molecule has 2 unspecified atom stereocenters. The highest BCUT2D eigenvalue weighted by atomic mass is 79.9. The van der Waals surface area contributed by atoms with E-state index >= 15 is 0 Å². The highest BCUT2D eigenvalue weighted by molar-refractivity contribution is 9.10. The quantitative estimate of drug-likeness (QED) is 0.624. The van der Waals surface area contributed by atoms with Gasteiger partial charge in [0.15, 0.2) is 6.10 Å². The third kappa shape index (κ3) is 6.18. The van der Waals surface area contributed by atoms with Crippen molar-refractivity contribution >= 4 is 50.7 Å². The zero-order valence-electron chi connectivity index (χ0n) is 15.2. The molecule has 2 rings (SSSR count). The van der Waals surface area contributed by atoms with Crippen LogP contribution < -0.4 is 10.6 Å². The Balaban J connectivity index is 1.95. The third-order valence-electron chi connectivity index (χ3n) is 3.73. The van der Waals surface area contributed by atoms with E-state index in [0.717, 1.165) is 4.47 Å². The minimum Gasteiger partial charge on any atom is -0.451 e. The lowest BCUT2D eigenvalue weighted by atomic mass is 10.0. The van der Waals surface area contributed by atoms with Gasteiger partial charge in [-0.2, -0.15) is 0 Å². The monoisotopic (exact) mass is 452 g/mol. The van der Waals surface area contributed by atoms with Gasteiger partial charge in [0.1, 0.15) is 6.04 Å². The second kappa shape index (κ2) is 9.66. The van der Waals surface area contributed by atoms with Crippen molar-refractivity contribution in [1.82, 2.24) is 5.32 Å². The molecule has 0 saturated heterocycles. The fourth-order valence-electron chi connectivity index (χ4n) is 2.20. The number of benzene rings is 1. The Hall–Kier alpha value is -2.19. The number of halogens is 1. The lowest BCUT2D eigenvalue weighted by Gasteiger charge is -2.22. The van der Waals surface area contributed by atoms with Gasteiger partial charge in [0.2, 0.25) is 0 Å². The first-order valence-electron chi connectivity index (χ1n) is 8.39. The predicted molar refractivity (Wildman–Crippen MR) is 109 cm³/mol. The van der Waals surface area contributed by atoms with E-state index < -0.39 is 24.0 Å². The summed E-state index contributed by atoms with van der Waals surface area (Å²) in [6.45, 7) is 5.09. The number of esters is 1. The van der Waals surface area contributed by atoms with Crippen LogP contribution in [0.3, 0.4) is 0 Å². The van der Waals surface area contributed by atoms with E-state index in [9.17, 15) is 14.4 Å². The molecule has 0 aliphatic rings. The van der Waals surface area contributed by atoms with Crippen molar-refractivity contribution in [1.29, 1.82) is 0 Å². The molecule has 0 aliphatic heterocycles. The van der Waals surface area contributed by atoms with Crippen molar-refractivity contribution in [2.75, 3.05) is 5.32 Å². The maximum Gasteiger partial charge on any atom is 0.329 e. The molecule has 6 nitrogen and oxygen atoms in total. The molecule has 1 heterocycles. The first kappa shape index (κ1) is 21.1. The first-order valence-corrected chi connectivity index (χ1v) is 10.1. The van der Waals surface area contributed by atoms with Crippen LogP contribution in [0.15, 0.2) is 46.3 Å². The summed E-state index contributed by atoms with van der Waals surface area (Å²) in [4.78, 5) is 37.5. The van der Waals surface area contributed by atoms with Gasteiger partial charge in [-0.3, -0.25) is 9.59 Å². The molecule has 27 heavy (non-hydrogen) atoms. The first-order chi connectivity index (χ1) is 12.8. The lowest BCUT2D eigenvalue weighted by molar-refractivity contribution is -0.156. The Morgan fingerprint density at radius 2 is 1.74 bits per heavy atom. The van der Waals surface area contributed by atoms with Crippen molar-refractivity contribution in [2.45, 2.75) is 32.9 Å². The molecule has 2 aromatic rings. The smallest absolute Gasteiger partial charge is 0.329 e. The van der Waals surface area contributed by atoms with E-state index in [4.69, 9.17) is 4.74 Å². The van der Waals surface area contributed by atoms with Crippen LogP contribution in [0.1, 0.15) is 30.4 Å². The fraction of sp³-hybridized carbons (Fsp3) is 0.316. The number of carbonyl (C=O) groups excluding carboxylic acids is 3. The zero-order chi connectivity index (χ0) is 20.0. The summed E-state index contributed by atoms with van der Waals surface area (Å²) < 4.78 is 6.17. The lowest BCUT2D eigenvalue weighted by Crippen LogP contribution is -2.47. The summed E-state index contributed by atoms with van der Waals surface area (Å²) >= 11 is 4.61. The van der Waals surface area contributed by atoms with E-state index in [2.05, 4.69) is 26.6 Å². The Bertz CT molecular complexity index is 791. The molecule has 8 heteroatoms. The molecule has 0 radical (unpaired) electrons. The van der Waals surface area contributed by atoms with Crippen LogP contribution >= 0.6 is 27.3 Å². The van der Waals surface area contributed by atoms with Crippen molar-refractivity contribution in [3.63, 3.8) is 0 Å². The largest absolute Gasteiger partial charge is 0.451 e. The summed E-state index contributed by atoms with van der Waals surface area (Å²) in [5.41, 5.74) is 0.595. The average Bonchev–Trinajstić information content (AvgIpc) is 3.15. The number of amides is 2. The molecule has 0 saturated carbocycles. The number of rotatable bonds is 7. The summed E-state index contributed by atoms with van der Waals surface area (Å²) in [7, 11) is 0. The molecule has 0 aliphatic carbocycles. The van der Waals surface area contributed by atoms with E-state index in [-0.39, 0.29) is 11.8 Å². The Morgan fingerprint density at radius 1 is 1.07 bits per heavy atom. The average molecular weight is 453 g/mol. The fourth-order valence-corrected chi connectivity index (χ4v) is 3.09. The number of carbonyl (C=O) groups is 3. The predicted octanol–water partition coefficient (Wildman–Crippen LogP) is 3.84. The van der Waals surface area contributed by atoms with E-state index in [0.29, 0.717) is 10.6 Å². The molecular formula is C19H21BrN2O4S. The van der Waals surface area contributed by atoms with Gasteiger partial charge in [0.25, 0.3) is 11.8 Å². The minimum atomic E-state index is -0.999. The van der Waals surface area contributed by atoms with Gasteiger partial charge in [-0.25, -0.2) is 4.79 Å². The van der Waals surface area contributed by atoms with E-state index in [1.54, 1.807) is 55.6 Å². The van der Waals surface area contributed by atoms with Crippen molar-refractivity contribution < 1.29 is 19.1 Å². The molecular weight excluding hydrogens is 432 g/mol. The summed E-state index contributed by atoms with van der Waals surface area (Å²) in [6, 6.07) is 9.64. The van der Waals surface area contributed by atoms with Crippen LogP contribution in [-0.4, -0.2) is 29.9 Å². The van der Waals surface area contributed by atoms with Gasteiger partial charge in [0, 0.05) is 10.2 Å². The molecule has 1 aromatic carbocycles. The second-order valence-corrected chi connectivity index (χ2v) is 8.11. The molecule has 2 atom stereocenters. The SMILES string of the molecule is CC(OC(=O)C(NC(=O)c1cccs1)C(C)C)C(=O)Nc1ccc(Br)cc1. The van der Waals surface area contributed by atoms with Crippen LogP contribution in [0.25, 0.3) is 0 Å².